The highest BCUT2D eigenvalue weighted by Gasteiger charge is 2.28. The van der Waals surface area contributed by atoms with Gasteiger partial charge in [0.2, 0.25) is 12.1 Å². The second-order valence-electron chi connectivity index (χ2n) is 8.38. The summed E-state index contributed by atoms with van der Waals surface area (Å²) in [6.45, 7) is 6.63. The molecule has 1 unspecified atom stereocenters. The number of anilines is 2. The van der Waals surface area contributed by atoms with Gasteiger partial charge in [0.25, 0.3) is 11.9 Å². The first-order chi connectivity index (χ1) is 19.0. The Morgan fingerprint density at radius 2 is 1.77 bits per heavy atom. The molecule has 39 heavy (non-hydrogen) atoms. The third kappa shape index (κ3) is 6.45. The minimum atomic E-state index is -1.25. The number of morpholine rings is 1. The van der Waals surface area contributed by atoms with Gasteiger partial charge in [-0.05, 0) is 18.2 Å². The van der Waals surface area contributed by atoms with Crippen LogP contribution < -0.4 is 16.0 Å². The number of carbonyl (C=O) groups excluding carboxylic acids is 1. The molecule has 2 heterocycles. The second-order valence-corrected chi connectivity index (χ2v) is 8.79. The third-order valence-corrected chi connectivity index (χ3v) is 6.32. The van der Waals surface area contributed by atoms with Crippen molar-refractivity contribution in [2.24, 2.45) is 15.7 Å². The van der Waals surface area contributed by atoms with Crippen LogP contribution in [0.15, 0.2) is 82.8 Å². The fraction of sp³-hybridized carbons (Fsp3) is 0.241. The summed E-state index contributed by atoms with van der Waals surface area (Å²) in [6.07, 6.45) is -1.25. The Morgan fingerprint density at radius 3 is 2.51 bits per heavy atom. The third-order valence-electron chi connectivity index (χ3n) is 6.01. The van der Waals surface area contributed by atoms with Gasteiger partial charge in [0.05, 0.1) is 35.2 Å². The maximum atomic E-state index is 13.1. The van der Waals surface area contributed by atoms with Crippen LogP contribution in [0.4, 0.5) is 11.4 Å². The number of rotatable bonds is 4. The molecule has 0 spiro atoms. The van der Waals surface area contributed by atoms with Crippen LogP contribution in [0.3, 0.4) is 0 Å². The van der Waals surface area contributed by atoms with Crippen LogP contribution in [0.5, 0.6) is 0 Å². The number of aliphatic imine (C=N–C) groups is 2. The van der Waals surface area contributed by atoms with Crippen molar-refractivity contribution in [1.29, 1.82) is 5.41 Å². The van der Waals surface area contributed by atoms with Crippen LogP contribution in [-0.2, 0) is 14.3 Å². The number of nitrogens with zero attached hydrogens (tertiary/aromatic N) is 3. The van der Waals surface area contributed by atoms with Gasteiger partial charge in [-0.3, -0.25) is 10.2 Å². The van der Waals surface area contributed by atoms with Gasteiger partial charge in [0.1, 0.15) is 0 Å². The normalized spacial score (nSPS) is 17.1. The lowest BCUT2D eigenvalue weighted by atomic mass is 10.0. The second kappa shape index (κ2) is 13.0. The molecule has 2 aliphatic heterocycles. The Bertz CT molecular complexity index is 1390. The Labute approximate surface area is 232 Å². The zero-order valence-corrected chi connectivity index (χ0v) is 22.6. The SMILES string of the molecule is CC.N=C(O/C(N)=N/C1N=C(c2ccccc2)c2cccc(Cl)c2NC1=O)c1ccccc1N1CCOCC1. The summed E-state index contributed by atoms with van der Waals surface area (Å²) in [5.74, 6) is -0.706. The number of nitrogens with two attached hydrogens (primary N) is 1. The van der Waals surface area contributed by atoms with Gasteiger partial charge < -0.3 is 25.4 Å². The summed E-state index contributed by atoms with van der Waals surface area (Å²) >= 11 is 6.41. The summed E-state index contributed by atoms with van der Waals surface area (Å²) in [5, 5.41) is 11.7. The van der Waals surface area contributed by atoms with E-state index >= 15 is 0 Å². The molecule has 0 aromatic heterocycles. The number of para-hydroxylation sites is 2. The molecule has 3 aromatic carbocycles. The number of halogens is 1. The number of amidine groups is 1. The van der Waals surface area contributed by atoms with E-state index in [1.54, 1.807) is 18.2 Å². The van der Waals surface area contributed by atoms with Crippen LogP contribution in [0.25, 0.3) is 0 Å². The molecule has 0 bridgehead atoms. The average Bonchev–Trinajstić information content (AvgIpc) is 3.12. The maximum absolute atomic E-state index is 13.1. The number of fused-ring (bicyclic) bond motifs is 1. The highest BCUT2D eigenvalue weighted by molar-refractivity contribution is 6.36. The molecule has 1 fully saturated rings. The molecule has 202 valence electrons. The highest BCUT2D eigenvalue weighted by atomic mass is 35.5. The molecule has 0 saturated carbocycles. The minimum Gasteiger partial charge on any atom is -0.407 e. The van der Waals surface area contributed by atoms with E-state index < -0.39 is 12.1 Å². The average molecular weight is 547 g/mol. The first kappa shape index (κ1) is 27.8. The molecule has 2 aliphatic rings. The van der Waals surface area contributed by atoms with E-state index in [1.165, 1.54) is 0 Å². The van der Waals surface area contributed by atoms with E-state index in [4.69, 9.17) is 32.2 Å². The number of ether oxygens (including phenoxy) is 2. The molecule has 5 rings (SSSR count). The van der Waals surface area contributed by atoms with E-state index in [-0.39, 0.29) is 11.9 Å². The van der Waals surface area contributed by atoms with Crippen LogP contribution in [0, 0.1) is 5.41 Å². The van der Waals surface area contributed by atoms with Crippen LogP contribution in [-0.4, -0.2) is 56.0 Å². The molecule has 1 amide bonds. The fourth-order valence-electron chi connectivity index (χ4n) is 4.25. The predicted octanol–water partition coefficient (Wildman–Crippen LogP) is 4.68. The molecule has 9 nitrogen and oxygen atoms in total. The molecule has 1 saturated heterocycles. The summed E-state index contributed by atoms with van der Waals surface area (Å²) in [5.41, 5.74) is 9.90. The van der Waals surface area contributed by atoms with Gasteiger partial charge in [-0.25, -0.2) is 4.99 Å². The Balaban J connectivity index is 0.00000172. The van der Waals surface area contributed by atoms with Crippen molar-refractivity contribution in [3.05, 3.63) is 94.5 Å². The van der Waals surface area contributed by atoms with E-state index in [0.29, 0.717) is 53.9 Å². The van der Waals surface area contributed by atoms with Gasteiger partial charge in [0, 0.05) is 29.9 Å². The van der Waals surface area contributed by atoms with Crippen molar-refractivity contribution >= 4 is 46.5 Å². The van der Waals surface area contributed by atoms with Gasteiger partial charge in [-0.1, -0.05) is 80.0 Å². The molecule has 10 heteroatoms. The molecular formula is C29H31ClN6O3. The number of nitrogens with one attached hydrogen (secondary N) is 2. The summed E-state index contributed by atoms with van der Waals surface area (Å²) in [6, 6.07) is 21.8. The van der Waals surface area contributed by atoms with Crippen LogP contribution in [0.2, 0.25) is 5.02 Å². The smallest absolute Gasteiger partial charge is 0.291 e. The molecular weight excluding hydrogens is 516 g/mol. The largest absolute Gasteiger partial charge is 0.407 e. The topological polar surface area (TPSA) is 125 Å². The molecule has 1 atom stereocenters. The van der Waals surface area contributed by atoms with E-state index in [2.05, 4.69) is 20.2 Å². The van der Waals surface area contributed by atoms with E-state index in [9.17, 15) is 4.79 Å². The Hall–Kier alpha value is -4.21. The van der Waals surface area contributed by atoms with Gasteiger partial charge in [-0.15, -0.1) is 0 Å². The number of benzodiazepines with no additional fused rings is 1. The Kier molecular flexibility index (Phi) is 9.30. The summed E-state index contributed by atoms with van der Waals surface area (Å²) in [4.78, 5) is 24.1. The van der Waals surface area contributed by atoms with Gasteiger partial charge >= 0.3 is 0 Å². The zero-order chi connectivity index (χ0) is 27.8. The van der Waals surface area contributed by atoms with Crippen LogP contribution in [0.1, 0.15) is 30.5 Å². The Morgan fingerprint density at radius 1 is 1.08 bits per heavy atom. The molecule has 0 radical (unpaired) electrons. The number of amides is 1. The molecule has 0 aliphatic carbocycles. The van der Waals surface area contributed by atoms with E-state index in [1.807, 2.05) is 68.4 Å². The van der Waals surface area contributed by atoms with Crippen molar-refractivity contribution in [2.75, 3.05) is 36.5 Å². The van der Waals surface area contributed by atoms with Crippen molar-refractivity contribution in [2.45, 2.75) is 20.0 Å². The fourth-order valence-corrected chi connectivity index (χ4v) is 4.47. The summed E-state index contributed by atoms with van der Waals surface area (Å²) < 4.78 is 11.0. The van der Waals surface area contributed by atoms with Crippen molar-refractivity contribution in [3.8, 4) is 0 Å². The number of hydrogen-bond acceptors (Lipinski definition) is 7. The molecule has 4 N–H and O–H groups in total. The van der Waals surface area contributed by atoms with Crippen LogP contribution >= 0.6 is 11.6 Å². The monoisotopic (exact) mass is 546 g/mol. The van der Waals surface area contributed by atoms with Gasteiger partial charge in [-0.2, -0.15) is 4.99 Å². The quantitative estimate of drug-likeness (QED) is 0.324. The maximum Gasteiger partial charge on any atom is 0.291 e. The lowest BCUT2D eigenvalue weighted by Gasteiger charge is -2.30. The minimum absolute atomic E-state index is 0.184. The van der Waals surface area contributed by atoms with Crippen molar-refractivity contribution < 1.29 is 14.3 Å². The molecule has 3 aromatic rings. The van der Waals surface area contributed by atoms with Crippen molar-refractivity contribution in [3.63, 3.8) is 0 Å². The first-order valence-corrected chi connectivity index (χ1v) is 13.1. The standard InChI is InChI=1S/C27H25ClN6O3.C2H6/c28-20-11-6-10-19-22(17-7-2-1-3-8-17)31-25(26(35)32-23(19)20)33-27(30)37-24(29)18-9-4-5-12-21(18)34-13-15-36-16-14-34;1-2/h1-12,25,29H,13-16H2,(H2,30,33)(H,32,35);1-2H3. The van der Waals surface area contributed by atoms with Crippen molar-refractivity contribution in [1.82, 2.24) is 0 Å². The summed E-state index contributed by atoms with van der Waals surface area (Å²) in [7, 11) is 0. The van der Waals surface area contributed by atoms with Gasteiger partial charge in [0.15, 0.2) is 0 Å². The number of carbonyl (C=O) groups is 1. The zero-order valence-electron chi connectivity index (χ0n) is 21.9. The lowest BCUT2D eigenvalue weighted by molar-refractivity contribution is -0.117. The first-order valence-electron chi connectivity index (χ1n) is 12.8. The lowest BCUT2D eigenvalue weighted by Crippen LogP contribution is -2.37. The number of hydrogen-bond donors (Lipinski definition) is 3. The highest BCUT2D eigenvalue weighted by Crippen LogP contribution is 2.31. The predicted molar refractivity (Wildman–Crippen MR) is 156 cm³/mol. The van der Waals surface area contributed by atoms with E-state index in [0.717, 1.165) is 11.3 Å². The number of benzene rings is 3.